The number of carbonyl (C=O) groups is 1. The number of benzene rings is 2. The third kappa shape index (κ3) is 3.76. The Labute approximate surface area is 163 Å². The number of hydrogen-bond acceptors (Lipinski definition) is 5. The summed E-state index contributed by atoms with van der Waals surface area (Å²) >= 11 is 0. The Hall–Kier alpha value is -3.54. The lowest BCUT2D eigenvalue weighted by atomic mass is 10.2. The van der Waals surface area contributed by atoms with E-state index in [0.29, 0.717) is 36.0 Å². The molecule has 0 bridgehead atoms. The van der Waals surface area contributed by atoms with Crippen LogP contribution in [0.15, 0.2) is 67.0 Å². The summed E-state index contributed by atoms with van der Waals surface area (Å²) in [6, 6.07) is 17.2. The molecule has 3 aromatic rings. The molecule has 0 saturated heterocycles. The van der Waals surface area contributed by atoms with Gasteiger partial charge in [0.05, 0.1) is 17.4 Å². The molecule has 1 aromatic heterocycles. The van der Waals surface area contributed by atoms with Crippen LogP contribution in [0.4, 0.5) is 17.1 Å². The van der Waals surface area contributed by atoms with Crippen molar-refractivity contribution in [3.63, 3.8) is 0 Å². The van der Waals surface area contributed by atoms with Gasteiger partial charge in [-0.15, -0.1) is 0 Å². The molecule has 0 fully saturated rings. The van der Waals surface area contributed by atoms with Gasteiger partial charge in [0.2, 0.25) is 0 Å². The fourth-order valence-electron chi connectivity index (χ4n) is 3.15. The molecule has 2 aromatic carbocycles. The summed E-state index contributed by atoms with van der Waals surface area (Å²) in [5.74, 6) is 1.10. The van der Waals surface area contributed by atoms with Crippen LogP contribution < -0.4 is 19.7 Å². The average molecular weight is 375 g/mol. The zero-order valence-electron chi connectivity index (χ0n) is 15.6. The fraction of sp³-hybridized carbons (Fsp3) is 0.182. The van der Waals surface area contributed by atoms with E-state index in [9.17, 15) is 4.79 Å². The van der Waals surface area contributed by atoms with Crippen molar-refractivity contribution in [2.75, 3.05) is 30.0 Å². The first-order valence-corrected chi connectivity index (χ1v) is 9.23. The molecular weight excluding hydrogens is 354 g/mol. The van der Waals surface area contributed by atoms with Gasteiger partial charge in [-0.1, -0.05) is 18.2 Å². The van der Waals surface area contributed by atoms with Crippen LogP contribution in [0, 0.1) is 0 Å². The van der Waals surface area contributed by atoms with Crippen LogP contribution in [0.3, 0.4) is 0 Å². The highest BCUT2D eigenvalue weighted by atomic mass is 16.6. The number of hydrogen-bond donors (Lipinski definition) is 1. The highest BCUT2D eigenvalue weighted by Crippen LogP contribution is 2.33. The fourth-order valence-corrected chi connectivity index (χ4v) is 3.15. The smallest absolute Gasteiger partial charge is 0.257 e. The van der Waals surface area contributed by atoms with E-state index in [1.807, 2.05) is 36.4 Å². The Kier molecular flexibility index (Phi) is 5.10. The largest absolute Gasteiger partial charge is 0.486 e. The quantitative estimate of drug-likeness (QED) is 0.722. The van der Waals surface area contributed by atoms with Gasteiger partial charge in [0.15, 0.2) is 11.5 Å². The van der Waals surface area contributed by atoms with Crippen molar-refractivity contribution in [2.24, 2.45) is 0 Å². The molecule has 1 amide bonds. The molecule has 0 radical (unpaired) electrons. The van der Waals surface area contributed by atoms with Crippen molar-refractivity contribution in [2.45, 2.75) is 6.92 Å². The van der Waals surface area contributed by atoms with Gasteiger partial charge in [0, 0.05) is 30.2 Å². The Morgan fingerprint density at radius 1 is 1.00 bits per heavy atom. The number of nitrogens with zero attached hydrogens (tertiary/aromatic N) is 2. The molecule has 0 spiro atoms. The molecule has 6 heteroatoms. The Morgan fingerprint density at radius 3 is 2.57 bits per heavy atom. The van der Waals surface area contributed by atoms with Crippen LogP contribution in [0.2, 0.25) is 0 Å². The van der Waals surface area contributed by atoms with Crippen molar-refractivity contribution < 1.29 is 14.3 Å². The second kappa shape index (κ2) is 8.00. The lowest BCUT2D eigenvalue weighted by Crippen LogP contribution is -2.18. The normalized spacial score (nSPS) is 12.3. The number of nitrogens with one attached hydrogen (secondary N) is 1. The Bertz CT molecular complexity index is 976. The van der Waals surface area contributed by atoms with E-state index in [1.54, 1.807) is 30.6 Å². The molecule has 142 valence electrons. The van der Waals surface area contributed by atoms with E-state index in [4.69, 9.17) is 9.47 Å². The number of anilines is 3. The first-order valence-electron chi connectivity index (χ1n) is 9.23. The van der Waals surface area contributed by atoms with E-state index in [1.165, 1.54) is 0 Å². The summed E-state index contributed by atoms with van der Waals surface area (Å²) in [5, 5.41) is 2.90. The average Bonchev–Trinajstić information content (AvgIpc) is 2.75. The predicted octanol–water partition coefficient (Wildman–Crippen LogP) is 4.26. The number of fused-ring (bicyclic) bond motifs is 1. The van der Waals surface area contributed by atoms with E-state index >= 15 is 0 Å². The van der Waals surface area contributed by atoms with Gasteiger partial charge in [0.1, 0.15) is 13.2 Å². The number of amides is 1. The number of rotatable bonds is 5. The van der Waals surface area contributed by atoms with E-state index < -0.39 is 0 Å². The second-order valence-corrected chi connectivity index (χ2v) is 6.32. The minimum atomic E-state index is -0.227. The summed E-state index contributed by atoms with van der Waals surface area (Å²) < 4.78 is 11.1. The zero-order valence-corrected chi connectivity index (χ0v) is 15.6. The molecule has 1 aliphatic rings. The molecule has 1 aliphatic heterocycles. The molecular formula is C22H21N3O3. The van der Waals surface area contributed by atoms with Gasteiger partial charge < -0.3 is 19.7 Å². The van der Waals surface area contributed by atoms with Crippen molar-refractivity contribution >= 4 is 23.0 Å². The first-order chi connectivity index (χ1) is 13.7. The van der Waals surface area contributed by atoms with E-state index in [-0.39, 0.29) is 5.91 Å². The number of para-hydroxylation sites is 1. The maximum Gasteiger partial charge on any atom is 0.257 e. The summed E-state index contributed by atoms with van der Waals surface area (Å²) in [5.41, 5.74) is 3.05. The molecule has 0 atom stereocenters. The number of pyridine rings is 1. The van der Waals surface area contributed by atoms with Crippen molar-refractivity contribution in [1.82, 2.24) is 4.98 Å². The van der Waals surface area contributed by atoms with Crippen molar-refractivity contribution in [3.05, 3.63) is 72.6 Å². The van der Waals surface area contributed by atoms with Crippen LogP contribution in [0.5, 0.6) is 11.5 Å². The van der Waals surface area contributed by atoms with Crippen LogP contribution in [0.1, 0.15) is 17.3 Å². The summed E-state index contributed by atoms with van der Waals surface area (Å²) in [4.78, 5) is 19.1. The lowest BCUT2D eigenvalue weighted by Gasteiger charge is -2.23. The molecule has 0 saturated carbocycles. The van der Waals surface area contributed by atoms with Crippen LogP contribution in [-0.4, -0.2) is 30.6 Å². The topological polar surface area (TPSA) is 63.7 Å². The van der Waals surface area contributed by atoms with Crippen molar-refractivity contribution in [1.29, 1.82) is 0 Å². The monoisotopic (exact) mass is 375 g/mol. The maximum absolute atomic E-state index is 12.7. The predicted molar refractivity (Wildman–Crippen MR) is 109 cm³/mol. The molecule has 1 N–H and O–H groups in total. The van der Waals surface area contributed by atoms with Crippen LogP contribution in [-0.2, 0) is 0 Å². The number of carbonyl (C=O) groups excluding carboxylic acids is 1. The van der Waals surface area contributed by atoms with Gasteiger partial charge in [0.25, 0.3) is 5.91 Å². The van der Waals surface area contributed by atoms with Gasteiger partial charge >= 0.3 is 0 Å². The van der Waals surface area contributed by atoms with Gasteiger partial charge in [-0.3, -0.25) is 9.78 Å². The number of aromatic nitrogens is 1. The van der Waals surface area contributed by atoms with Gasteiger partial charge in [-0.2, -0.15) is 0 Å². The standard InChI is InChI=1S/C22H21N3O3/c1-2-25(18-6-4-3-5-7-18)19-12-16(14-23-15-19)22(26)24-17-8-9-20-21(13-17)28-11-10-27-20/h3-9,12-15H,2,10-11H2,1H3,(H,24,26). The van der Waals surface area contributed by atoms with Crippen LogP contribution in [0.25, 0.3) is 0 Å². The third-order valence-corrected chi connectivity index (χ3v) is 4.48. The van der Waals surface area contributed by atoms with Crippen LogP contribution >= 0.6 is 0 Å². The zero-order chi connectivity index (χ0) is 19.3. The molecule has 4 rings (SSSR count). The summed E-state index contributed by atoms with van der Waals surface area (Å²) in [7, 11) is 0. The van der Waals surface area contributed by atoms with E-state index in [0.717, 1.165) is 17.9 Å². The molecule has 28 heavy (non-hydrogen) atoms. The van der Waals surface area contributed by atoms with Crippen molar-refractivity contribution in [3.8, 4) is 11.5 Å². The Morgan fingerprint density at radius 2 is 1.79 bits per heavy atom. The highest BCUT2D eigenvalue weighted by molar-refractivity contribution is 6.04. The minimum Gasteiger partial charge on any atom is -0.486 e. The Balaban J connectivity index is 1.54. The summed E-state index contributed by atoms with van der Waals surface area (Å²) in [6.07, 6.45) is 3.33. The SMILES string of the molecule is CCN(c1ccccc1)c1cncc(C(=O)Nc2ccc3c(c2)OCCO3)c1. The van der Waals surface area contributed by atoms with Gasteiger partial charge in [-0.25, -0.2) is 0 Å². The second-order valence-electron chi connectivity index (χ2n) is 6.32. The first kappa shape index (κ1) is 17.9. The third-order valence-electron chi connectivity index (χ3n) is 4.48. The van der Waals surface area contributed by atoms with Gasteiger partial charge in [-0.05, 0) is 37.3 Å². The lowest BCUT2D eigenvalue weighted by molar-refractivity contribution is 0.102. The summed E-state index contributed by atoms with van der Waals surface area (Å²) in [6.45, 7) is 3.86. The van der Waals surface area contributed by atoms with E-state index in [2.05, 4.69) is 22.1 Å². The minimum absolute atomic E-state index is 0.227. The molecule has 2 heterocycles. The molecule has 6 nitrogen and oxygen atoms in total. The number of ether oxygens (including phenoxy) is 2. The molecule has 0 aliphatic carbocycles. The molecule has 0 unspecified atom stereocenters. The maximum atomic E-state index is 12.7. The highest BCUT2D eigenvalue weighted by Gasteiger charge is 2.15.